The molecule has 0 bridgehead atoms. The molecule has 0 aromatic heterocycles. The van der Waals surface area contributed by atoms with Crippen LogP contribution in [0.3, 0.4) is 0 Å². The van der Waals surface area contributed by atoms with Gasteiger partial charge in [0.1, 0.15) is 0 Å². The second-order valence-electron chi connectivity index (χ2n) is 4.41. The van der Waals surface area contributed by atoms with Gasteiger partial charge in [-0.05, 0) is 30.7 Å². The minimum absolute atomic E-state index is 0.423. The molecule has 108 valence electrons. The number of hydrogen-bond donors (Lipinski definition) is 1. The standard InChI is InChI=1S/C14H24N2O2S/c1-5-15-11-13-9-8-10-14(12(13)4)19(17,18)16(6-2)7-3/h8-10,15H,5-7,11H2,1-4H3. The maximum Gasteiger partial charge on any atom is 0.243 e. The molecule has 1 rings (SSSR count). The van der Waals surface area contributed by atoms with Gasteiger partial charge in [0.05, 0.1) is 4.90 Å². The van der Waals surface area contributed by atoms with Crippen molar-refractivity contribution >= 4 is 10.0 Å². The zero-order valence-corrected chi connectivity index (χ0v) is 13.0. The smallest absolute Gasteiger partial charge is 0.243 e. The molecular formula is C14H24N2O2S. The minimum atomic E-state index is -3.37. The summed E-state index contributed by atoms with van der Waals surface area (Å²) < 4.78 is 26.6. The molecule has 0 atom stereocenters. The third-order valence-corrected chi connectivity index (χ3v) is 5.48. The number of nitrogens with zero attached hydrogens (tertiary/aromatic N) is 1. The third kappa shape index (κ3) is 3.55. The maximum atomic E-state index is 12.5. The average molecular weight is 284 g/mol. The lowest BCUT2D eigenvalue weighted by Crippen LogP contribution is -2.31. The summed E-state index contributed by atoms with van der Waals surface area (Å²) in [6.45, 7) is 10.2. The van der Waals surface area contributed by atoms with Crippen LogP contribution in [-0.4, -0.2) is 32.4 Å². The zero-order valence-electron chi connectivity index (χ0n) is 12.2. The minimum Gasteiger partial charge on any atom is -0.313 e. The van der Waals surface area contributed by atoms with E-state index in [2.05, 4.69) is 5.32 Å². The molecule has 0 spiro atoms. The molecule has 0 aliphatic carbocycles. The quantitative estimate of drug-likeness (QED) is 0.834. The van der Waals surface area contributed by atoms with E-state index in [1.165, 1.54) is 4.31 Å². The molecule has 5 heteroatoms. The molecule has 1 aromatic carbocycles. The summed E-state index contributed by atoms with van der Waals surface area (Å²) in [5, 5.41) is 3.23. The van der Waals surface area contributed by atoms with Crippen LogP contribution >= 0.6 is 0 Å². The first-order chi connectivity index (χ1) is 8.98. The van der Waals surface area contributed by atoms with Crippen LogP contribution in [0.5, 0.6) is 0 Å². The van der Waals surface area contributed by atoms with E-state index in [0.717, 1.165) is 17.7 Å². The van der Waals surface area contributed by atoms with E-state index in [-0.39, 0.29) is 0 Å². The topological polar surface area (TPSA) is 49.4 Å². The van der Waals surface area contributed by atoms with Crippen molar-refractivity contribution in [3.05, 3.63) is 29.3 Å². The molecule has 0 amide bonds. The van der Waals surface area contributed by atoms with Gasteiger partial charge in [-0.25, -0.2) is 8.42 Å². The first-order valence-corrected chi connectivity index (χ1v) is 8.22. The van der Waals surface area contributed by atoms with Crippen molar-refractivity contribution in [2.45, 2.75) is 39.1 Å². The molecule has 0 aliphatic rings. The molecule has 0 saturated carbocycles. The number of sulfonamides is 1. The van der Waals surface area contributed by atoms with E-state index >= 15 is 0 Å². The maximum absolute atomic E-state index is 12.5. The largest absolute Gasteiger partial charge is 0.313 e. The van der Waals surface area contributed by atoms with Crippen LogP contribution in [0.15, 0.2) is 23.1 Å². The summed E-state index contributed by atoms with van der Waals surface area (Å²) in [7, 11) is -3.37. The normalized spacial score (nSPS) is 12.1. The molecule has 1 N–H and O–H groups in total. The van der Waals surface area contributed by atoms with E-state index in [9.17, 15) is 8.42 Å². The van der Waals surface area contributed by atoms with Crippen LogP contribution in [0.2, 0.25) is 0 Å². The fraction of sp³-hybridized carbons (Fsp3) is 0.571. The highest BCUT2D eigenvalue weighted by molar-refractivity contribution is 7.89. The van der Waals surface area contributed by atoms with E-state index in [0.29, 0.717) is 24.5 Å². The molecule has 19 heavy (non-hydrogen) atoms. The van der Waals surface area contributed by atoms with Crippen molar-refractivity contribution < 1.29 is 8.42 Å². The molecule has 0 fully saturated rings. The lowest BCUT2D eigenvalue weighted by atomic mass is 10.1. The van der Waals surface area contributed by atoms with Gasteiger partial charge in [-0.15, -0.1) is 0 Å². The molecule has 0 unspecified atom stereocenters. The first kappa shape index (κ1) is 16.1. The van der Waals surface area contributed by atoms with E-state index in [1.807, 2.05) is 39.8 Å². The fourth-order valence-electron chi connectivity index (χ4n) is 2.09. The van der Waals surface area contributed by atoms with Gasteiger partial charge in [0, 0.05) is 19.6 Å². The second kappa shape index (κ2) is 7.03. The monoisotopic (exact) mass is 284 g/mol. The van der Waals surface area contributed by atoms with Gasteiger partial charge in [-0.3, -0.25) is 0 Å². The number of hydrogen-bond acceptors (Lipinski definition) is 3. The Balaban J connectivity index is 3.20. The van der Waals surface area contributed by atoms with Gasteiger partial charge in [-0.1, -0.05) is 32.9 Å². The number of benzene rings is 1. The summed E-state index contributed by atoms with van der Waals surface area (Å²) in [5.74, 6) is 0. The number of nitrogens with one attached hydrogen (secondary N) is 1. The fourth-order valence-corrected chi connectivity index (χ4v) is 3.82. The van der Waals surface area contributed by atoms with Crippen molar-refractivity contribution in [1.29, 1.82) is 0 Å². The molecule has 4 nitrogen and oxygen atoms in total. The Morgan fingerprint density at radius 3 is 2.32 bits per heavy atom. The van der Waals surface area contributed by atoms with Crippen molar-refractivity contribution in [3.8, 4) is 0 Å². The Labute approximate surface area is 116 Å². The van der Waals surface area contributed by atoms with Crippen LogP contribution in [0, 0.1) is 6.92 Å². The molecule has 1 aromatic rings. The van der Waals surface area contributed by atoms with Crippen molar-refractivity contribution in [1.82, 2.24) is 9.62 Å². The Bertz CT molecular complexity index is 508. The molecule has 0 aliphatic heterocycles. The highest BCUT2D eigenvalue weighted by Crippen LogP contribution is 2.22. The van der Waals surface area contributed by atoms with Crippen molar-refractivity contribution in [2.24, 2.45) is 0 Å². The summed E-state index contributed by atoms with van der Waals surface area (Å²) in [5.41, 5.74) is 1.88. The lowest BCUT2D eigenvalue weighted by Gasteiger charge is -2.20. The van der Waals surface area contributed by atoms with Gasteiger partial charge in [0.2, 0.25) is 10.0 Å². The summed E-state index contributed by atoms with van der Waals surface area (Å²) in [4.78, 5) is 0.423. The zero-order chi connectivity index (χ0) is 14.5. The van der Waals surface area contributed by atoms with Crippen LogP contribution in [0.25, 0.3) is 0 Å². The Hall–Kier alpha value is -0.910. The Kier molecular flexibility index (Phi) is 5.97. The summed E-state index contributed by atoms with van der Waals surface area (Å²) in [6.07, 6.45) is 0. The van der Waals surface area contributed by atoms with Gasteiger partial charge in [0.15, 0.2) is 0 Å². The van der Waals surface area contributed by atoms with Crippen molar-refractivity contribution in [2.75, 3.05) is 19.6 Å². The van der Waals surface area contributed by atoms with Crippen LogP contribution in [-0.2, 0) is 16.6 Å². The van der Waals surface area contributed by atoms with Gasteiger partial charge in [-0.2, -0.15) is 4.31 Å². The second-order valence-corrected chi connectivity index (χ2v) is 6.32. The van der Waals surface area contributed by atoms with Crippen LogP contribution < -0.4 is 5.32 Å². The summed E-state index contributed by atoms with van der Waals surface area (Å²) >= 11 is 0. The number of rotatable bonds is 7. The lowest BCUT2D eigenvalue weighted by molar-refractivity contribution is 0.444. The third-order valence-electron chi connectivity index (χ3n) is 3.28. The summed E-state index contributed by atoms with van der Waals surface area (Å²) in [6, 6.07) is 5.48. The average Bonchev–Trinajstić information content (AvgIpc) is 2.38. The first-order valence-electron chi connectivity index (χ1n) is 6.78. The molecular weight excluding hydrogens is 260 g/mol. The highest BCUT2D eigenvalue weighted by atomic mass is 32.2. The van der Waals surface area contributed by atoms with E-state index in [1.54, 1.807) is 6.07 Å². The van der Waals surface area contributed by atoms with E-state index in [4.69, 9.17) is 0 Å². The predicted molar refractivity (Wildman–Crippen MR) is 78.7 cm³/mol. The highest BCUT2D eigenvalue weighted by Gasteiger charge is 2.24. The Morgan fingerprint density at radius 2 is 1.79 bits per heavy atom. The van der Waals surface area contributed by atoms with Crippen LogP contribution in [0.4, 0.5) is 0 Å². The van der Waals surface area contributed by atoms with E-state index < -0.39 is 10.0 Å². The predicted octanol–water partition coefficient (Wildman–Crippen LogP) is 2.14. The molecule has 0 radical (unpaired) electrons. The Morgan fingerprint density at radius 1 is 1.16 bits per heavy atom. The molecule has 0 heterocycles. The van der Waals surface area contributed by atoms with Crippen molar-refractivity contribution in [3.63, 3.8) is 0 Å². The van der Waals surface area contributed by atoms with Gasteiger partial charge in [0.25, 0.3) is 0 Å². The SMILES string of the molecule is CCNCc1cccc(S(=O)(=O)N(CC)CC)c1C. The van der Waals surface area contributed by atoms with Crippen LogP contribution in [0.1, 0.15) is 31.9 Å². The van der Waals surface area contributed by atoms with Gasteiger partial charge >= 0.3 is 0 Å². The van der Waals surface area contributed by atoms with Gasteiger partial charge < -0.3 is 5.32 Å². The molecule has 0 saturated heterocycles.